The molecular formula is C17H18N4O3S. The fourth-order valence-electron chi connectivity index (χ4n) is 2.52. The molecule has 0 radical (unpaired) electrons. The van der Waals surface area contributed by atoms with E-state index in [9.17, 15) is 13.2 Å². The van der Waals surface area contributed by atoms with Gasteiger partial charge in [-0.15, -0.1) is 0 Å². The average Bonchev–Trinajstić information content (AvgIpc) is 2.84. The van der Waals surface area contributed by atoms with Crippen molar-refractivity contribution in [1.29, 1.82) is 0 Å². The summed E-state index contributed by atoms with van der Waals surface area (Å²) in [5, 5.41) is 2.71. The normalized spacial score (nSPS) is 17.8. The molecule has 0 saturated carbocycles. The maximum absolute atomic E-state index is 12.6. The molecule has 0 fully saturated rings. The van der Waals surface area contributed by atoms with E-state index < -0.39 is 16.1 Å². The molecule has 0 bridgehead atoms. The Morgan fingerprint density at radius 3 is 2.56 bits per heavy atom. The number of benzene rings is 1. The van der Waals surface area contributed by atoms with Crippen LogP contribution in [-0.4, -0.2) is 31.2 Å². The number of anilines is 1. The second-order valence-corrected chi connectivity index (χ2v) is 7.62. The quantitative estimate of drug-likeness (QED) is 0.870. The molecule has 2 aromatic rings. The molecule has 7 nitrogen and oxygen atoms in total. The Bertz CT molecular complexity index is 924. The number of sulfonamides is 1. The molecule has 1 aromatic carbocycles. The van der Waals surface area contributed by atoms with E-state index in [4.69, 9.17) is 0 Å². The molecule has 1 atom stereocenters. The van der Waals surface area contributed by atoms with Crippen LogP contribution in [0.15, 0.2) is 58.5 Å². The van der Waals surface area contributed by atoms with Crippen LogP contribution in [0.5, 0.6) is 0 Å². The number of carbonyl (C=O) groups is 1. The predicted octanol–water partition coefficient (Wildman–Crippen LogP) is 1.78. The Hall–Kier alpha value is -2.74. The van der Waals surface area contributed by atoms with Crippen LogP contribution in [0.2, 0.25) is 0 Å². The van der Waals surface area contributed by atoms with Gasteiger partial charge in [-0.05, 0) is 30.2 Å². The van der Waals surface area contributed by atoms with E-state index in [2.05, 4.69) is 20.0 Å². The van der Waals surface area contributed by atoms with E-state index >= 15 is 0 Å². The van der Waals surface area contributed by atoms with E-state index in [0.29, 0.717) is 11.4 Å². The molecule has 8 heteroatoms. The van der Waals surface area contributed by atoms with Gasteiger partial charge >= 0.3 is 0 Å². The lowest BCUT2D eigenvalue weighted by atomic mass is 10.0. The van der Waals surface area contributed by atoms with E-state index in [1.54, 1.807) is 42.6 Å². The Morgan fingerprint density at radius 1 is 1.16 bits per heavy atom. The molecule has 130 valence electrons. The molecular weight excluding hydrogens is 340 g/mol. The molecule has 0 spiro atoms. The first-order valence-corrected chi connectivity index (χ1v) is 9.29. The lowest BCUT2D eigenvalue weighted by Gasteiger charge is -2.17. The predicted molar refractivity (Wildman–Crippen MR) is 94.8 cm³/mol. The minimum Gasteiger partial charge on any atom is -0.309 e. The van der Waals surface area contributed by atoms with Crippen LogP contribution >= 0.6 is 0 Å². The summed E-state index contributed by atoms with van der Waals surface area (Å²) in [6.45, 7) is 3.70. The van der Waals surface area contributed by atoms with E-state index in [0.717, 1.165) is 0 Å². The molecule has 3 rings (SSSR count). The highest BCUT2D eigenvalue weighted by Gasteiger charge is 2.32. The number of carbonyl (C=O) groups excluding carboxylic acids is 1. The van der Waals surface area contributed by atoms with Gasteiger partial charge in [0, 0.05) is 11.8 Å². The zero-order valence-corrected chi connectivity index (χ0v) is 14.6. The topological polar surface area (TPSA) is 101 Å². The highest BCUT2D eigenvalue weighted by molar-refractivity contribution is 7.90. The molecule has 2 heterocycles. The summed E-state index contributed by atoms with van der Waals surface area (Å²) in [5.74, 6) is 0.134. The first-order chi connectivity index (χ1) is 11.9. The van der Waals surface area contributed by atoms with Crippen LogP contribution in [0.3, 0.4) is 0 Å². The first kappa shape index (κ1) is 17.1. The third-order valence-electron chi connectivity index (χ3n) is 3.75. The van der Waals surface area contributed by atoms with Gasteiger partial charge in [-0.1, -0.05) is 32.0 Å². The summed E-state index contributed by atoms with van der Waals surface area (Å²) in [6.07, 6.45) is 1.58. The van der Waals surface area contributed by atoms with Crippen molar-refractivity contribution >= 4 is 27.6 Å². The van der Waals surface area contributed by atoms with Gasteiger partial charge in [0.15, 0.2) is 0 Å². The fraction of sp³-hybridized carbons (Fsp3) is 0.235. The minimum absolute atomic E-state index is 0.131. The third-order valence-corrected chi connectivity index (χ3v) is 5.14. The van der Waals surface area contributed by atoms with E-state index in [1.807, 2.05) is 13.8 Å². The number of rotatable bonds is 4. The van der Waals surface area contributed by atoms with Crippen LogP contribution in [-0.2, 0) is 14.8 Å². The van der Waals surface area contributed by atoms with Crippen LogP contribution in [0.25, 0.3) is 0 Å². The number of nitrogens with zero attached hydrogens (tertiary/aromatic N) is 2. The van der Waals surface area contributed by atoms with Crippen molar-refractivity contribution < 1.29 is 13.2 Å². The highest BCUT2D eigenvalue weighted by Crippen LogP contribution is 2.23. The molecule has 2 N–H and O–H groups in total. The fourth-order valence-corrected chi connectivity index (χ4v) is 3.76. The van der Waals surface area contributed by atoms with Gasteiger partial charge in [0.25, 0.3) is 15.9 Å². The number of fused-ring (bicyclic) bond motifs is 1. The van der Waals surface area contributed by atoms with Crippen molar-refractivity contribution in [2.45, 2.75) is 24.8 Å². The number of hydrogen-bond donors (Lipinski definition) is 2. The largest absolute Gasteiger partial charge is 0.309 e. The van der Waals surface area contributed by atoms with Gasteiger partial charge in [0.1, 0.15) is 17.7 Å². The third kappa shape index (κ3) is 3.53. The first-order valence-electron chi connectivity index (χ1n) is 7.80. The number of amidine groups is 1. The van der Waals surface area contributed by atoms with E-state index in [1.165, 1.54) is 6.07 Å². The van der Waals surface area contributed by atoms with Crippen molar-refractivity contribution in [2.75, 3.05) is 5.32 Å². The van der Waals surface area contributed by atoms with Gasteiger partial charge in [0.05, 0.1) is 4.90 Å². The number of hydrogen-bond acceptors (Lipinski definition) is 5. The van der Waals surface area contributed by atoms with Crippen molar-refractivity contribution in [3.8, 4) is 0 Å². The second kappa shape index (κ2) is 6.64. The molecule has 1 aliphatic rings. The standard InChI is InChI=1S/C17H18N4O3S/c1-11(2)15(17(22)19-14-9-5-6-10-18-14)20-16-12-7-3-4-8-13(12)25(23,24)21-16/h3-11,15H,1-2H3,(H,20,21)(H,18,19,22)/t15-/m0/s1. The Labute approximate surface area is 146 Å². The highest BCUT2D eigenvalue weighted by atomic mass is 32.2. The summed E-state index contributed by atoms with van der Waals surface area (Å²) < 4.78 is 26.8. The summed E-state index contributed by atoms with van der Waals surface area (Å²) in [4.78, 5) is 21.2. The Balaban J connectivity index is 1.93. The maximum Gasteiger partial charge on any atom is 0.263 e. The lowest BCUT2D eigenvalue weighted by molar-refractivity contribution is -0.118. The number of aliphatic imine (C=N–C) groups is 1. The van der Waals surface area contributed by atoms with Gasteiger partial charge in [0.2, 0.25) is 0 Å². The Morgan fingerprint density at radius 2 is 1.88 bits per heavy atom. The summed E-state index contributed by atoms with van der Waals surface area (Å²) in [7, 11) is -3.64. The number of nitrogens with one attached hydrogen (secondary N) is 2. The molecule has 25 heavy (non-hydrogen) atoms. The van der Waals surface area contributed by atoms with Crippen molar-refractivity contribution in [3.63, 3.8) is 0 Å². The molecule has 0 unspecified atom stereocenters. The molecule has 1 aromatic heterocycles. The zero-order valence-electron chi connectivity index (χ0n) is 13.8. The smallest absolute Gasteiger partial charge is 0.263 e. The summed E-state index contributed by atoms with van der Waals surface area (Å²) in [5.41, 5.74) is 0.471. The second-order valence-electron chi connectivity index (χ2n) is 5.97. The Kier molecular flexibility index (Phi) is 4.54. The summed E-state index contributed by atoms with van der Waals surface area (Å²) >= 11 is 0. The molecule has 1 aliphatic heterocycles. The molecule has 1 amide bonds. The van der Waals surface area contributed by atoms with Crippen LogP contribution in [0, 0.1) is 5.92 Å². The number of amides is 1. The van der Waals surface area contributed by atoms with Gasteiger partial charge in [-0.2, -0.15) is 0 Å². The molecule has 0 saturated heterocycles. The van der Waals surface area contributed by atoms with Gasteiger partial charge in [-0.25, -0.2) is 13.4 Å². The van der Waals surface area contributed by atoms with Crippen LogP contribution < -0.4 is 10.0 Å². The zero-order chi connectivity index (χ0) is 18.0. The SMILES string of the molecule is CC(C)[C@H](N=C1NS(=O)(=O)c2ccccc21)C(=O)Nc1ccccn1. The number of aromatic nitrogens is 1. The number of pyridine rings is 1. The maximum atomic E-state index is 12.6. The molecule has 0 aliphatic carbocycles. The van der Waals surface area contributed by atoms with Crippen LogP contribution in [0.1, 0.15) is 19.4 Å². The van der Waals surface area contributed by atoms with Gasteiger partial charge in [-0.3, -0.25) is 14.5 Å². The summed E-state index contributed by atoms with van der Waals surface area (Å²) in [6, 6.07) is 11.0. The van der Waals surface area contributed by atoms with Crippen molar-refractivity contribution in [1.82, 2.24) is 9.71 Å². The average molecular weight is 358 g/mol. The van der Waals surface area contributed by atoms with Gasteiger partial charge < -0.3 is 5.32 Å². The monoisotopic (exact) mass is 358 g/mol. The minimum atomic E-state index is -3.64. The lowest BCUT2D eigenvalue weighted by Crippen LogP contribution is -2.34. The van der Waals surface area contributed by atoms with Crippen molar-refractivity contribution in [3.05, 3.63) is 54.2 Å². The van der Waals surface area contributed by atoms with Crippen LogP contribution in [0.4, 0.5) is 5.82 Å². The van der Waals surface area contributed by atoms with E-state index in [-0.39, 0.29) is 22.6 Å². The van der Waals surface area contributed by atoms with Crippen molar-refractivity contribution in [2.24, 2.45) is 10.9 Å².